The minimum Gasteiger partial charge on any atom is -0.480 e. The number of aliphatic carboxylic acids is 1. The van der Waals surface area contributed by atoms with Crippen LogP contribution >= 0.6 is 21.6 Å². The number of fused-ring (bicyclic) bond motifs is 1. The van der Waals surface area contributed by atoms with Crippen molar-refractivity contribution in [3.63, 3.8) is 0 Å². The molecule has 0 spiro atoms. The lowest BCUT2D eigenvalue weighted by Crippen LogP contribution is -2.59. The van der Waals surface area contributed by atoms with Gasteiger partial charge >= 0.3 is 5.97 Å². The van der Waals surface area contributed by atoms with Crippen LogP contribution in [0.5, 0.6) is 0 Å². The van der Waals surface area contributed by atoms with E-state index in [1.807, 2.05) is 11.8 Å². The molecule has 3 amide bonds. The summed E-state index contributed by atoms with van der Waals surface area (Å²) in [4.78, 5) is 53.6. The highest BCUT2D eigenvalue weighted by molar-refractivity contribution is 8.76. The molecule has 200 valence electrons. The molecule has 4 bridgehead atoms. The van der Waals surface area contributed by atoms with E-state index in [9.17, 15) is 24.3 Å². The number of nitrogens with zero attached hydrogens (tertiary/aromatic N) is 1. The maximum Gasteiger partial charge on any atom is 0.327 e. The molecule has 2 aliphatic heterocycles. The first-order valence-corrected chi connectivity index (χ1v) is 15.8. The topological polar surface area (TPSA) is 128 Å². The monoisotopic (exact) mass is 538 g/mol. The third-order valence-corrected chi connectivity index (χ3v) is 11.3. The molecule has 2 saturated heterocycles. The molecule has 36 heavy (non-hydrogen) atoms. The Bertz CT molecular complexity index is 866. The minimum atomic E-state index is -1.06. The second kappa shape index (κ2) is 10.7. The van der Waals surface area contributed by atoms with Gasteiger partial charge in [-0.25, -0.2) is 4.79 Å². The smallest absolute Gasteiger partial charge is 0.327 e. The third-order valence-electron chi connectivity index (χ3n) is 8.87. The number of carbonyl (C=O) groups is 4. The van der Waals surface area contributed by atoms with Gasteiger partial charge in [0, 0.05) is 29.5 Å². The molecule has 4 atom stereocenters. The Labute approximate surface area is 220 Å². The number of hydrogen-bond donors (Lipinski definition) is 4. The lowest BCUT2D eigenvalue weighted by molar-refractivity contribution is -0.148. The Morgan fingerprint density at radius 2 is 1.64 bits per heavy atom. The molecule has 9 nitrogen and oxygen atoms in total. The van der Waals surface area contributed by atoms with Crippen molar-refractivity contribution in [3.05, 3.63) is 0 Å². The summed E-state index contributed by atoms with van der Waals surface area (Å²) >= 11 is 0. The Morgan fingerprint density at radius 3 is 2.28 bits per heavy atom. The van der Waals surface area contributed by atoms with Gasteiger partial charge in [-0.2, -0.15) is 0 Å². The number of carboxylic acids is 1. The van der Waals surface area contributed by atoms with Gasteiger partial charge in [-0.15, -0.1) is 0 Å². The van der Waals surface area contributed by atoms with Crippen molar-refractivity contribution >= 4 is 45.3 Å². The molecule has 0 radical (unpaired) electrons. The first-order chi connectivity index (χ1) is 17.2. The number of hydrogen-bond acceptors (Lipinski definition) is 7. The predicted molar refractivity (Wildman–Crippen MR) is 139 cm³/mol. The summed E-state index contributed by atoms with van der Waals surface area (Å²) in [6.45, 7) is 3.14. The van der Waals surface area contributed by atoms with E-state index in [4.69, 9.17) is 0 Å². The van der Waals surface area contributed by atoms with E-state index in [1.165, 1.54) is 40.9 Å². The lowest BCUT2D eigenvalue weighted by Gasteiger charge is -2.55. The molecule has 4 N–H and O–H groups in total. The van der Waals surface area contributed by atoms with Crippen molar-refractivity contribution < 1.29 is 24.3 Å². The second-order valence-corrected chi connectivity index (χ2v) is 14.3. The van der Waals surface area contributed by atoms with Crippen LogP contribution < -0.4 is 16.0 Å². The standard InChI is InChI=1S/C25H38N4O5S2/c1-14-11-29-4-2-3-20(29)22(31)27-19(23(32)33)13-36-35-12-18(21(30)26-14)28-24(34)25-8-15-5-16(9-25)7-17(6-15)10-25/h14-20H,2-13H2,1H3,(H,26,30)(H,27,31)(H,28,34)(H,32,33)/t14-,15?,16?,17?,18-,19-,20-,25?/m0/s1. The summed E-state index contributed by atoms with van der Waals surface area (Å²) in [7, 11) is 2.68. The Balaban J connectivity index is 1.29. The van der Waals surface area contributed by atoms with E-state index < -0.39 is 24.1 Å². The molecule has 0 aromatic heterocycles. The fraction of sp³-hybridized carbons (Fsp3) is 0.840. The van der Waals surface area contributed by atoms with E-state index in [2.05, 4.69) is 16.0 Å². The predicted octanol–water partition coefficient (Wildman–Crippen LogP) is 1.62. The summed E-state index contributed by atoms with van der Waals surface area (Å²) in [6, 6.07) is -2.27. The van der Waals surface area contributed by atoms with E-state index in [1.54, 1.807) is 0 Å². The molecule has 6 rings (SSSR count). The number of carbonyl (C=O) groups excluding carboxylic acids is 3. The highest BCUT2D eigenvalue weighted by Gasteiger charge is 2.55. The summed E-state index contributed by atoms with van der Waals surface area (Å²) in [5.74, 6) is 0.939. The normalized spacial score (nSPS) is 41.6. The molecule has 4 saturated carbocycles. The van der Waals surface area contributed by atoms with Crippen molar-refractivity contribution in [3.8, 4) is 0 Å². The maximum absolute atomic E-state index is 13.7. The van der Waals surface area contributed by atoms with Crippen molar-refractivity contribution in [2.45, 2.75) is 82.5 Å². The summed E-state index contributed by atoms with van der Waals surface area (Å²) in [5, 5.41) is 18.6. The van der Waals surface area contributed by atoms with Crippen LogP contribution in [0.4, 0.5) is 0 Å². The number of nitrogens with one attached hydrogen (secondary N) is 3. The first-order valence-electron chi connectivity index (χ1n) is 13.4. The Hall–Kier alpha value is -1.46. The zero-order valence-electron chi connectivity index (χ0n) is 20.9. The molecule has 0 aromatic rings. The van der Waals surface area contributed by atoms with Gasteiger partial charge in [-0.1, -0.05) is 21.6 Å². The lowest BCUT2D eigenvalue weighted by atomic mass is 9.49. The van der Waals surface area contributed by atoms with Gasteiger partial charge in [0.15, 0.2) is 0 Å². The minimum absolute atomic E-state index is 0.0244. The summed E-state index contributed by atoms with van der Waals surface area (Å²) in [6.07, 6.45) is 8.09. The average Bonchev–Trinajstić information content (AvgIpc) is 3.26. The Morgan fingerprint density at radius 1 is 1.00 bits per heavy atom. The van der Waals surface area contributed by atoms with Crippen molar-refractivity contribution in [1.29, 1.82) is 0 Å². The maximum atomic E-state index is 13.7. The van der Waals surface area contributed by atoms with E-state index in [-0.39, 0.29) is 34.9 Å². The van der Waals surface area contributed by atoms with Crippen molar-refractivity contribution in [1.82, 2.24) is 20.9 Å². The molecule has 4 aliphatic carbocycles. The first kappa shape index (κ1) is 26.2. The fourth-order valence-corrected chi connectivity index (χ4v) is 9.96. The highest BCUT2D eigenvalue weighted by Crippen LogP contribution is 2.60. The molecule has 0 aromatic carbocycles. The van der Waals surface area contributed by atoms with Gasteiger partial charge in [0.1, 0.15) is 12.1 Å². The summed E-state index contributed by atoms with van der Waals surface area (Å²) < 4.78 is 0. The van der Waals surface area contributed by atoms with Gasteiger partial charge in [0.2, 0.25) is 17.7 Å². The van der Waals surface area contributed by atoms with Crippen molar-refractivity contribution in [2.24, 2.45) is 23.2 Å². The van der Waals surface area contributed by atoms with Crippen LogP contribution in [-0.2, 0) is 19.2 Å². The third kappa shape index (κ3) is 5.53. The van der Waals surface area contributed by atoms with Crippen LogP contribution in [0, 0.1) is 23.2 Å². The van der Waals surface area contributed by atoms with Crippen LogP contribution in [0.15, 0.2) is 0 Å². The van der Waals surface area contributed by atoms with Crippen LogP contribution in [-0.4, -0.2) is 82.5 Å². The van der Waals surface area contributed by atoms with Crippen molar-refractivity contribution in [2.75, 3.05) is 24.6 Å². The second-order valence-electron chi connectivity index (χ2n) is 11.8. The molecule has 0 unspecified atom stereocenters. The molecule has 11 heteroatoms. The average molecular weight is 539 g/mol. The van der Waals surface area contributed by atoms with Crippen LogP contribution in [0.3, 0.4) is 0 Å². The zero-order chi connectivity index (χ0) is 25.4. The molecule has 6 fully saturated rings. The fourth-order valence-electron chi connectivity index (χ4n) is 7.64. The number of carboxylic acid groups (broad SMARTS) is 1. The van der Waals surface area contributed by atoms with Crippen LogP contribution in [0.2, 0.25) is 0 Å². The number of rotatable bonds is 3. The zero-order valence-corrected chi connectivity index (χ0v) is 22.5. The molecular weight excluding hydrogens is 500 g/mol. The SMILES string of the molecule is C[C@H]1CN2CCC[C@H]2C(=O)N[C@H](C(=O)O)CSSC[C@H](NC(=O)C23CC4CC(CC(C4)C2)C3)C(=O)N1. The molecular formula is C25H38N4O5S2. The van der Waals surface area contributed by atoms with Gasteiger partial charge < -0.3 is 21.1 Å². The van der Waals surface area contributed by atoms with Crippen LogP contribution in [0.25, 0.3) is 0 Å². The van der Waals surface area contributed by atoms with Crippen LogP contribution in [0.1, 0.15) is 58.3 Å². The van der Waals surface area contributed by atoms with Gasteiger partial charge in [0.05, 0.1) is 6.04 Å². The highest BCUT2D eigenvalue weighted by atomic mass is 33.1. The Kier molecular flexibility index (Phi) is 7.79. The van der Waals surface area contributed by atoms with E-state index >= 15 is 0 Å². The summed E-state index contributed by atoms with van der Waals surface area (Å²) in [5.41, 5.74) is -0.334. The molecule has 6 aliphatic rings. The quantitative estimate of drug-likeness (QED) is 0.399. The molecule has 2 heterocycles. The number of amides is 3. The van der Waals surface area contributed by atoms with Gasteiger partial charge in [-0.05, 0) is 82.6 Å². The van der Waals surface area contributed by atoms with E-state index in [0.717, 1.165) is 32.2 Å². The van der Waals surface area contributed by atoms with Gasteiger partial charge in [0.25, 0.3) is 0 Å². The van der Waals surface area contributed by atoms with E-state index in [0.29, 0.717) is 36.5 Å². The van der Waals surface area contributed by atoms with Gasteiger partial charge in [-0.3, -0.25) is 19.3 Å². The largest absolute Gasteiger partial charge is 0.480 e.